The summed E-state index contributed by atoms with van der Waals surface area (Å²) in [6.45, 7) is 1.58. The third-order valence-electron chi connectivity index (χ3n) is 2.46. The summed E-state index contributed by atoms with van der Waals surface area (Å²) in [7, 11) is -1.18. The highest BCUT2D eigenvalue weighted by Gasteiger charge is 2.23. The zero-order chi connectivity index (χ0) is 11.5. The topological polar surface area (TPSA) is 85.1 Å². The molecule has 86 valence electrons. The summed E-state index contributed by atoms with van der Waals surface area (Å²) >= 11 is 0. The van der Waals surface area contributed by atoms with Crippen molar-refractivity contribution in [1.82, 2.24) is 10.3 Å². The standard InChI is InChI=1S/C9H11N3O3S/c13-12(14)7-1-2-9(11-5-7)16(15)8-3-4-10-6-8/h1-2,5,8,10H,3-4,6H2/t8-,16+/m1/s1. The lowest BCUT2D eigenvalue weighted by Crippen LogP contribution is -2.19. The predicted octanol–water partition coefficient (Wildman–Crippen LogP) is 0.459. The number of nitro groups is 1. The van der Waals surface area contributed by atoms with Gasteiger partial charge in [0.15, 0.2) is 0 Å². The molecular weight excluding hydrogens is 230 g/mol. The van der Waals surface area contributed by atoms with Crippen molar-refractivity contribution in [3.8, 4) is 0 Å². The molecule has 1 aliphatic rings. The molecule has 0 radical (unpaired) electrons. The van der Waals surface area contributed by atoms with Crippen molar-refractivity contribution < 1.29 is 9.13 Å². The van der Waals surface area contributed by atoms with Crippen molar-refractivity contribution in [2.45, 2.75) is 16.7 Å². The molecule has 2 rings (SSSR count). The molecule has 0 bridgehead atoms. The number of hydrogen-bond donors (Lipinski definition) is 1. The van der Waals surface area contributed by atoms with Crippen LogP contribution in [0.25, 0.3) is 0 Å². The van der Waals surface area contributed by atoms with Gasteiger partial charge in [0, 0.05) is 12.6 Å². The number of rotatable bonds is 3. The van der Waals surface area contributed by atoms with Crippen molar-refractivity contribution in [3.05, 3.63) is 28.4 Å². The summed E-state index contributed by atoms with van der Waals surface area (Å²) in [5, 5.41) is 14.0. The Morgan fingerprint density at radius 2 is 2.38 bits per heavy atom. The Kier molecular flexibility index (Phi) is 3.25. The maximum absolute atomic E-state index is 12.0. The average Bonchev–Trinajstić information content (AvgIpc) is 2.81. The lowest BCUT2D eigenvalue weighted by molar-refractivity contribution is -0.385. The zero-order valence-electron chi connectivity index (χ0n) is 8.46. The van der Waals surface area contributed by atoms with E-state index in [4.69, 9.17) is 0 Å². The molecule has 16 heavy (non-hydrogen) atoms. The van der Waals surface area contributed by atoms with Crippen molar-refractivity contribution in [3.63, 3.8) is 0 Å². The first-order valence-electron chi connectivity index (χ1n) is 4.90. The molecule has 7 heteroatoms. The maximum atomic E-state index is 12.0. The normalized spacial score (nSPS) is 21.9. The molecule has 0 aromatic carbocycles. The van der Waals surface area contributed by atoms with E-state index in [0.29, 0.717) is 11.6 Å². The lowest BCUT2D eigenvalue weighted by atomic mass is 10.4. The van der Waals surface area contributed by atoms with Crippen molar-refractivity contribution in [2.24, 2.45) is 0 Å². The van der Waals surface area contributed by atoms with Crippen LogP contribution in [0, 0.1) is 10.1 Å². The van der Waals surface area contributed by atoms with Gasteiger partial charge in [0.2, 0.25) is 0 Å². The van der Waals surface area contributed by atoms with E-state index in [-0.39, 0.29) is 10.9 Å². The molecule has 0 saturated carbocycles. The summed E-state index contributed by atoms with van der Waals surface area (Å²) in [6.07, 6.45) is 2.00. The highest BCUT2D eigenvalue weighted by Crippen LogP contribution is 2.16. The molecule has 0 amide bonds. The van der Waals surface area contributed by atoms with Gasteiger partial charge in [0.05, 0.1) is 21.0 Å². The molecule has 1 aromatic heterocycles. The average molecular weight is 241 g/mol. The van der Waals surface area contributed by atoms with Gasteiger partial charge >= 0.3 is 0 Å². The summed E-state index contributed by atoms with van der Waals surface area (Å²) in [4.78, 5) is 13.8. The number of aromatic nitrogens is 1. The second kappa shape index (κ2) is 4.67. The minimum Gasteiger partial charge on any atom is -0.315 e. The second-order valence-electron chi connectivity index (χ2n) is 3.52. The van der Waals surface area contributed by atoms with Crippen LogP contribution < -0.4 is 5.32 Å². The Bertz CT molecular complexity index is 415. The fourth-order valence-corrected chi connectivity index (χ4v) is 2.88. The highest BCUT2D eigenvalue weighted by atomic mass is 32.2. The quantitative estimate of drug-likeness (QED) is 0.613. The lowest BCUT2D eigenvalue weighted by Gasteiger charge is -2.06. The molecule has 0 spiro atoms. The van der Waals surface area contributed by atoms with Gasteiger partial charge in [-0.15, -0.1) is 0 Å². The van der Waals surface area contributed by atoms with Crippen LogP contribution in [0.1, 0.15) is 6.42 Å². The molecule has 1 aliphatic heterocycles. The Morgan fingerprint density at radius 3 is 2.88 bits per heavy atom. The largest absolute Gasteiger partial charge is 0.315 e. The summed E-state index contributed by atoms with van der Waals surface area (Å²) < 4.78 is 12.0. The van der Waals surface area contributed by atoms with E-state index in [9.17, 15) is 14.3 Å². The van der Waals surface area contributed by atoms with Gasteiger partial charge < -0.3 is 5.32 Å². The molecule has 1 N–H and O–H groups in total. The van der Waals surface area contributed by atoms with Crippen LogP contribution in [0.4, 0.5) is 5.69 Å². The van der Waals surface area contributed by atoms with E-state index < -0.39 is 15.7 Å². The van der Waals surface area contributed by atoms with E-state index in [2.05, 4.69) is 10.3 Å². The van der Waals surface area contributed by atoms with Crippen LogP contribution in [-0.2, 0) is 10.8 Å². The van der Waals surface area contributed by atoms with Gasteiger partial charge in [0.1, 0.15) is 11.2 Å². The molecular formula is C9H11N3O3S. The van der Waals surface area contributed by atoms with Gasteiger partial charge in [-0.1, -0.05) is 0 Å². The monoisotopic (exact) mass is 241 g/mol. The number of nitrogens with zero attached hydrogens (tertiary/aromatic N) is 2. The van der Waals surface area contributed by atoms with Gasteiger partial charge in [-0.05, 0) is 19.0 Å². The Balaban J connectivity index is 2.14. The fraction of sp³-hybridized carbons (Fsp3) is 0.444. The van der Waals surface area contributed by atoms with Crippen molar-refractivity contribution in [2.75, 3.05) is 13.1 Å². The fourth-order valence-electron chi connectivity index (χ4n) is 1.58. The van der Waals surface area contributed by atoms with E-state index in [1.165, 1.54) is 12.1 Å². The van der Waals surface area contributed by atoms with Crippen molar-refractivity contribution >= 4 is 16.5 Å². The number of pyridine rings is 1. The Hall–Kier alpha value is -1.34. The Labute approximate surface area is 94.7 Å². The molecule has 0 aliphatic carbocycles. The first-order valence-corrected chi connectivity index (χ1v) is 6.11. The molecule has 2 atom stereocenters. The third kappa shape index (κ3) is 2.25. The van der Waals surface area contributed by atoms with Crippen LogP contribution in [0.3, 0.4) is 0 Å². The minimum absolute atomic E-state index is 0.0638. The number of hydrogen-bond acceptors (Lipinski definition) is 5. The highest BCUT2D eigenvalue weighted by molar-refractivity contribution is 7.85. The van der Waals surface area contributed by atoms with Gasteiger partial charge in [-0.2, -0.15) is 0 Å². The molecule has 0 unspecified atom stereocenters. The van der Waals surface area contributed by atoms with Crippen LogP contribution >= 0.6 is 0 Å². The molecule has 1 fully saturated rings. The van der Waals surface area contributed by atoms with E-state index in [0.717, 1.165) is 19.2 Å². The first-order chi connectivity index (χ1) is 7.68. The molecule has 6 nitrogen and oxygen atoms in total. The number of nitrogens with one attached hydrogen (secondary N) is 1. The zero-order valence-corrected chi connectivity index (χ0v) is 9.27. The SMILES string of the molecule is O=[N+]([O-])c1ccc([S@@](=O)[C@@H]2CCNC2)nc1. The smallest absolute Gasteiger partial charge is 0.287 e. The summed E-state index contributed by atoms with van der Waals surface area (Å²) in [6, 6.07) is 2.80. The third-order valence-corrected chi connectivity index (χ3v) is 4.12. The van der Waals surface area contributed by atoms with Crippen molar-refractivity contribution in [1.29, 1.82) is 0 Å². The van der Waals surface area contributed by atoms with E-state index in [1.54, 1.807) is 0 Å². The van der Waals surface area contributed by atoms with E-state index in [1.807, 2.05) is 0 Å². The molecule has 1 saturated heterocycles. The van der Waals surface area contributed by atoms with Crippen LogP contribution in [0.5, 0.6) is 0 Å². The van der Waals surface area contributed by atoms with Crippen LogP contribution in [-0.4, -0.2) is 32.5 Å². The minimum atomic E-state index is -1.18. The van der Waals surface area contributed by atoms with Gasteiger partial charge in [-0.25, -0.2) is 4.98 Å². The van der Waals surface area contributed by atoms with Crippen LogP contribution in [0.2, 0.25) is 0 Å². The molecule has 2 heterocycles. The summed E-state index contributed by atoms with van der Waals surface area (Å²) in [5.41, 5.74) is -0.0784. The second-order valence-corrected chi connectivity index (χ2v) is 5.20. The molecule has 1 aromatic rings. The first kappa shape index (κ1) is 11.2. The predicted molar refractivity (Wildman–Crippen MR) is 58.6 cm³/mol. The Morgan fingerprint density at radius 1 is 1.56 bits per heavy atom. The van der Waals surface area contributed by atoms with Gasteiger partial charge in [-0.3, -0.25) is 14.3 Å². The summed E-state index contributed by atoms with van der Waals surface area (Å²) in [5.74, 6) is 0. The maximum Gasteiger partial charge on any atom is 0.287 e. The van der Waals surface area contributed by atoms with Crippen LogP contribution in [0.15, 0.2) is 23.4 Å². The van der Waals surface area contributed by atoms with Gasteiger partial charge in [0.25, 0.3) is 5.69 Å². The van der Waals surface area contributed by atoms with E-state index >= 15 is 0 Å².